The molecule has 0 aliphatic rings. The molecule has 88 valence electrons. The van der Waals surface area contributed by atoms with E-state index in [0.29, 0.717) is 0 Å². The Labute approximate surface area is 91.2 Å². The second kappa shape index (κ2) is 4.97. The molecule has 0 bridgehead atoms. The summed E-state index contributed by atoms with van der Waals surface area (Å²) < 4.78 is 38.5. The highest BCUT2D eigenvalue weighted by molar-refractivity contribution is 7.81. The Morgan fingerprint density at radius 1 is 1.31 bits per heavy atom. The standard InChI is InChI=1S/C8H9N3.F2O2S/c1-2-11-8-6-4-3-5-7(8)9-10-11;1-5(2,3)4/h3-6H,2H2,1H3;. The molecule has 0 unspecified atom stereocenters. The van der Waals surface area contributed by atoms with E-state index >= 15 is 0 Å². The van der Waals surface area contributed by atoms with E-state index in [0.717, 1.165) is 17.6 Å². The van der Waals surface area contributed by atoms with Crippen molar-refractivity contribution >= 4 is 21.6 Å². The number of aromatic nitrogens is 3. The first-order chi connectivity index (χ1) is 7.42. The van der Waals surface area contributed by atoms with Crippen molar-refractivity contribution < 1.29 is 16.2 Å². The van der Waals surface area contributed by atoms with Gasteiger partial charge in [0.1, 0.15) is 5.52 Å². The van der Waals surface area contributed by atoms with Crippen LogP contribution >= 0.6 is 0 Å². The third-order valence-electron chi connectivity index (χ3n) is 1.72. The minimum Gasteiger partial charge on any atom is -0.245 e. The number of hydrogen-bond donors (Lipinski definition) is 0. The van der Waals surface area contributed by atoms with Crippen molar-refractivity contribution in [2.75, 3.05) is 0 Å². The zero-order valence-electron chi connectivity index (χ0n) is 8.34. The molecule has 0 amide bonds. The molecule has 2 rings (SSSR count). The molecule has 0 N–H and O–H groups in total. The average molecular weight is 249 g/mol. The van der Waals surface area contributed by atoms with E-state index in [9.17, 15) is 7.77 Å². The molecule has 1 heterocycles. The summed E-state index contributed by atoms with van der Waals surface area (Å²) in [7, 11) is -5.67. The van der Waals surface area contributed by atoms with Crippen LogP contribution in [-0.2, 0) is 17.2 Å². The molecule has 0 spiro atoms. The highest BCUT2D eigenvalue weighted by Crippen LogP contribution is 2.08. The van der Waals surface area contributed by atoms with Gasteiger partial charge in [0.2, 0.25) is 0 Å². The van der Waals surface area contributed by atoms with Crippen LogP contribution in [0.15, 0.2) is 24.3 Å². The van der Waals surface area contributed by atoms with Gasteiger partial charge in [-0.05, 0) is 19.1 Å². The van der Waals surface area contributed by atoms with E-state index in [1.165, 1.54) is 0 Å². The first-order valence-corrected chi connectivity index (χ1v) is 5.62. The number of fused-ring (bicyclic) bond motifs is 1. The molecule has 0 saturated carbocycles. The minimum atomic E-state index is -5.67. The maximum atomic E-state index is 9.99. The van der Waals surface area contributed by atoms with Gasteiger partial charge in [-0.2, -0.15) is 8.42 Å². The number of halogens is 2. The van der Waals surface area contributed by atoms with Crippen molar-refractivity contribution in [1.29, 1.82) is 0 Å². The Balaban J connectivity index is 0.000000221. The van der Waals surface area contributed by atoms with Crippen molar-refractivity contribution in [2.45, 2.75) is 13.5 Å². The Hall–Kier alpha value is -1.57. The fourth-order valence-electron chi connectivity index (χ4n) is 1.15. The molecule has 0 atom stereocenters. The number of benzene rings is 1. The predicted molar refractivity (Wildman–Crippen MR) is 54.3 cm³/mol. The highest BCUT2D eigenvalue weighted by atomic mass is 32.3. The van der Waals surface area contributed by atoms with Gasteiger partial charge >= 0.3 is 10.6 Å². The normalized spacial score (nSPS) is 10.9. The first kappa shape index (κ1) is 12.5. The molecular weight excluding hydrogens is 240 g/mol. The quantitative estimate of drug-likeness (QED) is 0.720. The smallest absolute Gasteiger partial charge is 0.245 e. The molecule has 5 nitrogen and oxygen atoms in total. The Morgan fingerprint density at radius 3 is 2.44 bits per heavy atom. The fraction of sp³-hybridized carbons (Fsp3) is 0.250. The monoisotopic (exact) mass is 249 g/mol. The molecule has 2 aromatic rings. The van der Waals surface area contributed by atoms with E-state index in [1.54, 1.807) is 0 Å². The maximum Gasteiger partial charge on any atom is 0.476 e. The summed E-state index contributed by atoms with van der Waals surface area (Å²) in [6.07, 6.45) is 0. The maximum absolute atomic E-state index is 9.99. The second-order valence-electron chi connectivity index (χ2n) is 2.77. The number of para-hydroxylation sites is 1. The lowest BCUT2D eigenvalue weighted by molar-refractivity contribution is 0.501. The lowest BCUT2D eigenvalue weighted by atomic mass is 10.3. The van der Waals surface area contributed by atoms with Gasteiger partial charge in [0, 0.05) is 6.54 Å². The largest absolute Gasteiger partial charge is 0.476 e. The van der Waals surface area contributed by atoms with Crippen LogP contribution in [0, 0.1) is 0 Å². The number of hydrogen-bond acceptors (Lipinski definition) is 4. The van der Waals surface area contributed by atoms with Crippen LogP contribution in [0.3, 0.4) is 0 Å². The summed E-state index contributed by atoms with van der Waals surface area (Å²) in [6.45, 7) is 2.93. The molecule has 0 saturated heterocycles. The topological polar surface area (TPSA) is 64.8 Å². The zero-order chi connectivity index (χ0) is 12.2. The van der Waals surface area contributed by atoms with Gasteiger partial charge in [0.25, 0.3) is 0 Å². The van der Waals surface area contributed by atoms with E-state index in [1.807, 2.05) is 28.9 Å². The Morgan fingerprint density at radius 2 is 1.88 bits per heavy atom. The van der Waals surface area contributed by atoms with E-state index in [2.05, 4.69) is 17.2 Å². The molecule has 8 heteroatoms. The van der Waals surface area contributed by atoms with Crippen LogP contribution in [0.1, 0.15) is 6.92 Å². The first-order valence-electron chi connectivity index (χ1n) is 4.34. The van der Waals surface area contributed by atoms with Gasteiger partial charge in [-0.25, -0.2) is 4.68 Å². The van der Waals surface area contributed by atoms with E-state index in [-0.39, 0.29) is 0 Å². The molecule has 0 fully saturated rings. The average Bonchev–Trinajstić information content (AvgIpc) is 2.58. The summed E-state index contributed by atoms with van der Waals surface area (Å²) in [6, 6.07) is 7.96. The minimum absolute atomic E-state index is 0.876. The van der Waals surface area contributed by atoms with Crippen LogP contribution in [0.2, 0.25) is 0 Å². The lowest BCUT2D eigenvalue weighted by Crippen LogP contribution is -1.95. The zero-order valence-corrected chi connectivity index (χ0v) is 9.16. The lowest BCUT2D eigenvalue weighted by Gasteiger charge is -1.93. The summed E-state index contributed by atoms with van der Waals surface area (Å²) in [5.41, 5.74) is 2.07. The van der Waals surface area contributed by atoms with Crippen LogP contribution in [-0.4, -0.2) is 23.4 Å². The Kier molecular flexibility index (Phi) is 3.88. The molecule has 16 heavy (non-hydrogen) atoms. The second-order valence-corrected chi connectivity index (χ2v) is 3.53. The van der Waals surface area contributed by atoms with Crippen LogP contribution in [0.4, 0.5) is 7.77 Å². The number of nitrogens with zero attached hydrogens (tertiary/aromatic N) is 3. The van der Waals surface area contributed by atoms with Gasteiger partial charge in [-0.3, -0.25) is 0 Å². The van der Waals surface area contributed by atoms with Gasteiger partial charge in [-0.1, -0.05) is 25.1 Å². The molecule has 0 aliphatic carbocycles. The van der Waals surface area contributed by atoms with E-state index < -0.39 is 10.6 Å². The van der Waals surface area contributed by atoms with Crippen molar-refractivity contribution in [2.24, 2.45) is 0 Å². The summed E-state index contributed by atoms with van der Waals surface area (Å²) in [5.74, 6) is 0. The van der Waals surface area contributed by atoms with Gasteiger partial charge < -0.3 is 0 Å². The predicted octanol–water partition coefficient (Wildman–Crippen LogP) is 1.62. The van der Waals surface area contributed by atoms with E-state index in [4.69, 9.17) is 8.42 Å². The third kappa shape index (κ3) is 3.89. The summed E-state index contributed by atoms with van der Waals surface area (Å²) in [5, 5.41) is 7.98. The molecular formula is C8H9F2N3O2S. The van der Waals surface area contributed by atoms with Gasteiger partial charge in [0.05, 0.1) is 5.52 Å². The summed E-state index contributed by atoms with van der Waals surface area (Å²) in [4.78, 5) is 0. The number of rotatable bonds is 1. The fourth-order valence-corrected chi connectivity index (χ4v) is 1.15. The van der Waals surface area contributed by atoms with Crippen LogP contribution in [0.25, 0.3) is 11.0 Å². The van der Waals surface area contributed by atoms with Crippen molar-refractivity contribution in [1.82, 2.24) is 15.0 Å². The number of aryl methyl sites for hydroxylation is 1. The van der Waals surface area contributed by atoms with Crippen molar-refractivity contribution in [3.8, 4) is 0 Å². The third-order valence-corrected chi connectivity index (χ3v) is 1.72. The molecule has 1 aromatic carbocycles. The molecule has 1 aromatic heterocycles. The van der Waals surface area contributed by atoms with Crippen molar-refractivity contribution in [3.05, 3.63) is 24.3 Å². The summed E-state index contributed by atoms with van der Waals surface area (Å²) >= 11 is 0. The van der Waals surface area contributed by atoms with Crippen LogP contribution < -0.4 is 0 Å². The SMILES string of the molecule is CCn1nnc2ccccc21.O=S(=O)(F)F. The molecule has 0 aliphatic heterocycles. The van der Waals surface area contributed by atoms with Crippen molar-refractivity contribution in [3.63, 3.8) is 0 Å². The molecule has 0 radical (unpaired) electrons. The highest BCUT2D eigenvalue weighted by Gasteiger charge is 1.98. The van der Waals surface area contributed by atoms with Crippen LogP contribution in [0.5, 0.6) is 0 Å². The Bertz CT molecular complexity index is 559. The van der Waals surface area contributed by atoms with Gasteiger partial charge in [-0.15, -0.1) is 5.10 Å². The van der Waals surface area contributed by atoms with Gasteiger partial charge in [0.15, 0.2) is 0 Å².